The lowest BCUT2D eigenvalue weighted by Crippen LogP contribution is -2.67. The third-order valence-corrected chi connectivity index (χ3v) is 4.67. The molecule has 1 aliphatic heterocycles. The molecule has 2 atom stereocenters. The first-order valence-corrected chi connectivity index (χ1v) is 8.29. The van der Waals surface area contributed by atoms with Crippen LogP contribution >= 0.6 is 0 Å². The van der Waals surface area contributed by atoms with Crippen molar-refractivity contribution in [2.24, 2.45) is 0 Å². The van der Waals surface area contributed by atoms with Gasteiger partial charge in [-0.05, 0) is 24.5 Å². The van der Waals surface area contributed by atoms with Crippen molar-refractivity contribution in [3.63, 3.8) is 0 Å². The minimum Gasteiger partial charge on any atom is -0.336 e. The highest BCUT2D eigenvalue weighted by Crippen LogP contribution is 2.30. The molecule has 0 spiro atoms. The third kappa shape index (κ3) is 2.80. The largest absolute Gasteiger partial charge is 0.336 e. The fourth-order valence-corrected chi connectivity index (χ4v) is 3.29. The predicted molar refractivity (Wildman–Crippen MR) is 93.0 cm³/mol. The van der Waals surface area contributed by atoms with E-state index in [4.69, 9.17) is 0 Å². The highest BCUT2D eigenvalue weighted by molar-refractivity contribution is 6.00. The molecule has 1 aliphatic rings. The summed E-state index contributed by atoms with van der Waals surface area (Å²) in [5.74, 6) is -0.164. The van der Waals surface area contributed by atoms with E-state index in [0.717, 1.165) is 11.1 Å². The van der Waals surface area contributed by atoms with Gasteiger partial charge in [-0.1, -0.05) is 67.6 Å². The zero-order valence-corrected chi connectivity index (χ0v) is 14.0. The maximum Gasteiger partial charge on any atom is 0.253 e. The van der Waals surface area contributed by atoms with Crippen LogP contribution in [0.15, 0.2) is 60.7 Å². The number of hydrogen-bond donors (Lipinski definition) is 1. The second-order valence-corrected chi connectivity index (χ2v) is 6.32. The van der Waals surface area contributed by atoms with Crippen LogP contribution in [0.5, 0.6) is 0 Å². The summed E-state index contributed by atoms with van der Waals surface area (Å²) in [6, 6.07) is 18.8. The van der Waals surface area contributed by atoms with Gasteiger partial charge in [0.05, 0.1) is 0 Å². The van der Waals surface area contributed by atoms with Crippen LogP contribution in [0.25, 0.3) is 0 Å². The van der Waals surface area contributed by atoms with Crippen LogP contribution in [-0.4, -0.2) is 22.8 Å². The van der Waals surface area contributed by atoms with E-state index in [1.807, 2.05) is 67.6 Å². The summed E-state index contributed by atoms with van der Waals surface area (Å²) in [7, 11) is 0. The monoisotopic (exact) mass is 322 g/mol. The number of carbonyl (C=O) groups is 2. The Morgan fingerprint density at radius 3 is 2.17 bits per heavy atom. The second-order valence-electron chi connectivity index (χ2n) is 6.32. The van der Waals surface area contributed by atoms with Crippen LogP contribution in [0.4, 0.5) is 0 Å². The Kier molecular flexibility index (Phi) is 4.38. The second kappa shape index (κ2) is 6.48. The minimum atomic E-state index is -1.03. The van der Waals surface area contributed by atoms with Crippen LogP contribution in [0.1, 0.15) is 31.4 Å². The average Bonchev–Trinajstić information content (AvgIpc) is 2.61. The first-order chi connectivity index (χ1) is 11.6. The van der Waals surface area contributed by atoms with E-state index in [1.165, 1.54) is 0 Å². The van der Waals surface area contributed by atoms with Crippen LogP contribution in [0, 0.1) is 0 Å². The number of piperazine rings is 1. The molecule has 4 heteroatoms. The molecule has 0 aromatic heterocycles. The van der Waals surface area contributed by atoms with E-state index in [0.29, 0.717) is 13.0 Å². The molecule has 1 fully saturated rings. The summed E-state index contributed by atoms with van der Waals surface area (Å²) < 4.78 is 0. The van der Waals surface area contributed by atoms with Crippen molar-refractivity contribution in [3.8, 4) is 0 Å². The standard InChI is InChI=1S/C20H22N2O2/c1-3-17-18(23)21-20(2,16-12-8-5-9-13-16)19(24)22(17)14-15-10-6-4-7-11-15/h4-13,17H,3,14H2,1-2H3,(H,21,23). The van der Waals surface area contributed by atoms with Gasteiger partial charge in [0.25, 0.3) is 5.91 Å². The maximum absolute atomic E-state index is 13.3. The number of nitrogens with one attached hydrogen (secondary N) is 1. The van der Waals surface area contributed by atoms with Gasteiger partial charge >= 0.3 is 0 Å². The van der Waals surface area contributed by atoms with E-state index in [1.54, 1.807) is 11.8 Å². The molecular weight excluding hydrogens is 300 g/mol. The Morgan fingerprint density at radius 2 is 1.58 bits per heavy atom. The summed E-state index contributed by atoms with van der Waals surface area (Å²) in [6.07, 6.45) is 0.593. The number of carbonyl (C=O) groups excluding carboxylic acids is 2. The first kappa shape index (κ1) is 16.2. The van der Waals surface area contributed by atoms with Crippen molar-refractivity contribution in [3.05, 3.63) is 71.8 Å². The lowest BCUT2D eigenvalue weighted by Gasteiger charge is -2.44. The Bertz CT molecular complexity index is 730. The molecular formula is C20H22N2O2. The van der Waals surface area contributed by atoms with Crippen LogP contribution in [-0.2, 0) is 21.7 Å². The van der Waals surface area contributed by atoms with E-state index >= 15 is 0 Å². The van der Waals surface area contributed by atoms with Crippen molar-refractivity contribution in [1.82, 2.24) is 10.2 Å². The number of hydrogen-bond acceptors (Lipinski definition) is 2. The summed E-state index contributed by atoms with van der Waals surface area (Å²) in [6.45, 7) is 4.15. The van der Waals surface area contributed by atoms with Crippen molar-refractivity contribution in [2.75, 3.05) is 0 Å². The molecule has 2 aromatic rings. The van der Waals surface area contributed by atoms with Gasteiger partial charge in [0.1, 0.15) is 11.6 Å². The molecule has 2 aromatic carbocycles. The summed E-state index contributed by atoms with van der Waals surface area (Å²) >= 11 is 0. The molecule has 24 heavy (non-hydrogen) atoms. The highest BCUT2D eigenvalue weighted by Gasteiger charge is 2.48. The molecule has 0 radical (unpaired) electrons. The van der Waals surface area contributed by atoms with Crippen molar-refractivity contribution < 1.29 is 9.59 Å². The van der Waals surface area contributed by atoms with E-state index in [9.17, 15) is 9.59 Å². The summed E-state index contributed by atoms with van der Waals surface area (Å²) in [4.78, 5) is 27.6. The van der Waals surface area contributed by atoms with Gasteiger partial charge in [0.2, 0.25) is 5.91 Å². The van der Waals surface area contributed by atoms with Crippen LogP contribution < -0.4 is 5.32 Å². The SMILES string of the molecule is CCC1C(=O)NC(C)(c2ccccc2)C(=O)N1Cc1ccccc1. The van der Waals surface area contributed by atoms with Gasteiger partial charge in [-0.2, -0.15) is 0 Å². The molecule has 0 aliphatic carbocycles. The van der Waals surface area contributed by atoms with E-state index in [2.05, 4.69) is 5.32 Å². The van der Waals surface area contributed by atoms with Gasteiger partial charge in [-0.25, -0.2) is 0 Å². The number of rotatable bonds is 4. The topological polar surface area (TPSA) is 49.4 Å². The predicted octanol–water partition coefficient (Wildman–Crippen LogP) is 2.84. The average molecular weight is 322 g/mol. The fourth-order valence-electron chi connectivity index (χ4n) is 3.29. The van der Waals surface area contributed by atoms with Gasteiger partial charge in [-0.15, -0.1) is 0 Å². The van der Waals surface area contributed by atoms with Gasteiger partial charge in [0.15, 0.2) is 0 Å². The zero-order valence-electron chi connectivity index (χ0n) is 14.0. The minimum absolute atomic E-state index is 0.0657. The van der Waals surface area contributed by atoms with Crippen LogP contribution in [0.2, 0.25) is 0 Å². The van der Waals surface area contributed by atoms with Crippen molar-refractivity contribution in [2.45, 2.75) is 38.4 Å². The molecule has 2 amide bonds. The molecule has 1 saturated heterocycles. The molecule has 0 saturated carbocycles. The lowest BCUT2D eigenvalue weighted by atomic mass is 9.86. The van der Waals surface area contributed by atoms with Crippen molar-refractivity contribution in [1.29, 1.82) is 0 Å². The zero-order chi connectivity index (χ0) is 17.2. The summed E-state index contributed by atoms with van der Waals surface area (Å²) in [5.41, 5.74) is 0.795. The number of nitrogens with zero attached hydrogens (tertiary/aromatic N) is 1. The maximum atomic E-state index is 13.3. The fraction of sp³-hybridized carbons (Fsp3) is 0.300. The molecule has 0 bridgehead atoms. The van der Waals surface area contributed by atoms with Gasteiger partial charge in [-0.3, -0.25) is 9.59 Å². The van der Waals surface area contributed by atoms with Gasteiger partial charge in [0, 0.05) is 6.54 Å². The number of amides is 2. The molecule has 1 N–H and O–H groups in total. The Morgan fingerprint density at radius 1 is 1.00 bits per heavy atom. The quantitative estimate of drug-likeness (QED) is 0.941. The Hall–Kier alpha value is -2.62. The van der Waals surface area contributed by atoms with E-state index < -0.39 is 11.6 Å². The molecule has 3 rings (SSSR count). The van der Waals surface area contributed by atoms with Crippen molar-refractivity contribution >= 4 is 11.8 Å². The lowest BCUT2D eigenvalue weighted by molar-refractivity contribution is -0.155. The summed E-state index contributed by atoms with van der Waals surface area (Å²) in [5, 5.41) is 2.95. The smallest absolute Gasteiger partial charge is 0.253 e. The van der Waals surface area contributed by atoms with Gasteiger partial charge < -0.3 is 10.2 Å². The number of benzene rings is 2. The molecule has 4 nitrogen and oxygen atoms in total. The Labute approximate surface area is 142 Å². The van der Waals surface area contributed by atoms with E-state index in [-0.39, 0.29) is 11.8 Å². The Balaban J connectivity index is 1.98. The van der Waals surface area contributed by atoms with Crippen LogP contribution in [0.3, 0.4) is 0 Å². The molecule has 124 valence electrons. The first-order valence-electron chi connectivity index (χ1n) is 8.29. The normalized spacial score (nSPS) is 23.9. The highest BCUT2D eigenvalue weighted by atomic mass is 16.2. The third-order valence-electron chi connectivity index (χ3n) is 4.67. The molecule has 1 heterocycles. The molecule has 2 unspecified atom stereocenters.